The molecular weight excluding hydrogens is 336 g/mol. The van der Waals surface area contributed by atoms with Crippen molar-refractivity contribution in [1.29, 1.82) is 0 Å². The molecule has 3 aromatic rings. The van der Waals surface area contributed by atoms with Gasteiger partial charge in [0.15, 0.2) is 0 Å². The molecule has 0 saturated carbocycles. The number of phenolic OH excluding ortho intramolecular Hbond substituents is 1. The quantitative estimate of drug-likeness (QED) is 0.747. The van der Waals surface area contributed by atoms with Crippen molar-refractivity contribution in [3.8, 4) is 5.75 Å². The van der Waals surface area contributed by atoms with Gasteiger partial charge in [-0.05, 0) is 30.7 Å². The lowest BCUT2D eigenvalue weighted by Crippen LogP contribution is -2.14. The molecular formula is C19H20N2O3S. The first-order chi connectivity index (χ1) is 11.8. The largest absolute Gasteiger partial charge is 0.508 e. The number of hydrogen-bond acceptors (Lipinski definition) is 4. The van der Waals surface area contributed by atoms with E-state index in [0.29, 0.717) is 16.6 Å². The van der Waals surface area contributed by atoms with Crippen LogP contribution in [0.4, 0.5) is 11.4 Å². The van der Waals surface area contributed by atoms with Gasteiger partial charge in [0.25, 0.3) is 10.0 Å². The van der Waals surface area contributed by atoms with E-state index in [0.717, 1.165) is 11.1 Å². The molecule has 0 fully saturated rings. The van der Waals surface area contributed by atoms with E-state index in [9.17, 15) is 13.5 Å². The normalized spacial score (nSPS) is 11.5. The van der Waals surface area contributed by atoms with E-state index >= 15 is 0 Å². The Morgan fingerprint density at radius 3 is 2.32 bits per heavy atom. The molecule has 0 aliphatic heterocycles. The molecule has 0 amide bonds. The topological polar surface area (TPSA) is 69.6 Å². The first kappa shape index (κ1) is 17.1. The van der Waals surface area contributed by atoms with E-state index in [4.69, 9.17) is 0 Å². The molecule has 0 heterocycles. The number of nitrogens with one attached hydrogen (secondary N) is 1. The fraction of sp³-hybridized carbons (Fsp3) is 0.158. The average Bonchev–Trinajstić information content (AvgIpc) is 2.56. The van der Waals surface area contributed by atoms with Gasteiger partial charge in [-0.15, -0.1) is 0 Å². The van der Waals surface area contributed by atoms with Crippen molar-refractivity contribution >= 4 is 32.2 Å². The van der Waals surface area contributed by atoms with Crippen molar-refractivity contribution in [2.45, 2.75) is 11.8 Å². The smallest absolute Gasteiger partial charge is 0.262 e. The highest BCUT2D eigenvalue weighted by molar-refractivity contribution is 7.93. The molecule has 25 heavy (non-hydrogen) atoms. The van der Waals surface area contributed by atoms with Crippen molar-refractivity contribution < 1.29 is 13.5 Å². The predicted octanol–water partition coefficient (Wildman–Crippen LogP) is 3.72. The van der Waals surface area contributed by atoms with Crippen molar-refractivity contribution in [2.24, 2.45) is 0 Å². The van der Waals surface area contributed by atoms with Gasteiger partial charge in [0.1, 0.15) is 5.75 Å². The highest BCUT2D eigenvalue weighted by atomic mass is 32.2. The Morgan fingerprint density at radius 2 is 1.64 bits per heavy atom. The van der Waals surface area contributed by atoms with Crippen LogP contribution >= 0.6 is 0 Å². The molecule has 0 unspecified atom stereocenters. The van der Waals surface area contributed by atoms with Crippen LogP contribution < -0.4 is 9.62 Å². The SMILES string of the molecule is Cc1ccc(NS(=O)(=O)c2cccc3c(N(C)C)cccc23)cc1O. The number of aryl methyl sites for hydroxylation is 1. The zero-order chi connectivity index (χ0) is 18.2. The van der Waals surface area contributed by atoms with Gasteiger partial charge in [-0.2, -0.15) is 0 Å². The minimum Gasteiger partial charge on any atom is -0.508 e. The Morgan fingerprint density at radius 1 is 0.960 bits per heavy atom. The molecule has 6 heteroatoms. The summed E-state index contributed by atoms with van der Waals surface area (Å²) in [6.45, 7) is 1.75. The molecule has 0 aliphatic rings. The number of hydrogen-bond donors (Lipinski definition) is 2. The lowest BCUT2D eigenvalue weighted by molar-refractivity contribution is 0.471. The van der Waals surface area contributed by atoms with Crippen LogP contribution in [0.15, 0.2) is 59.5 Å². The Labute approximate surface area is 147 Å². The number of nitrogens with zero attached hydrogens (tertiary/aromatic N) is 1. The van der Waals surface area contributed by atoms with Gasteiger partial charge in [0, 0.05) is 36.6 Å². The Bertz CT molecular complexity index is 1040. The second-order valence-electron chi connectivity index (χ2n) is 6.13. The summed E-state index contributed by atoms with van der Waals surface area (Å²) in [4.78, 5) is 2.15. The summed E-state index contributed by atoms with van der Waals surface area (Å²) in [5.74, 6) is 0.0491. The zero-order valence-corrected chi connectivity index (χ0v) is 15.1. The molecule has 0 saturated heterocycles. The summed E-state index contributed by atoms with van der Waals surface area (Å²) < 4.78 is 28.3. The van der Waals surface area contributed by atoms with Crippen molar-refractivity contribution in [3.05, 3.63) is 60.2 Å². The van der Waals surface area contributed by atoms with Crippen LogP contribution in [-0.2, 0) is 10.0 Å². The number of aromatic hydroxyl groups is 1. The summed E-state index contributed by atoms with van der Waals surface area (Å²) in [5, 5.41) is 11.3. The van der Waals surface area contributed by atoms with Gasteiger partial charge in [-0.25, -0.2) is 8.42 Å². The number of anilines is 2. The molecule has 0 bridgehead atoms. The highest BCUT2D eigenvalue weighted by Crippen LogP contribution is 2.31. The van der Waals surface area contributed by atoms with Crippen molar-refractivity contribution in [3.63, 3.8) is 0 Å². The van der Waals surface area contributed by atoms with Gasteiger partial charge in [0.2, 0.25) is 0 Å². The molecule has 5 nitrogen and oxygen atoms in total. The maximum atomic E-state index is 12.9. The fourth-order valence-corrected chi connectivity index (χ4v) is 4.04. The summed E-state index contributed by atoms with van der Waals surface area (Å²) in [7, 11) is 0.0482. The number of fused-ring (bicyclic) bond motifs is 1. The van der Waals surface area contributed by atoms with Gasteiger partial charge in [-0.3, -0.25) is 4.72 Å². The third-order valence-electron chi connectivity index (χ3n) is 4.09. The number of phenols is 1. The summed E-state index contributed by atoms with van der Waals surface area (Å²) in [6, 6.07) is 15.5. The van der Waals surface area contributed by atoms with Gasteiger partial charge >= 0.3 is 0 Å². The van der Waals surface area contributed by atoms with Crippen LogP contribution in [-0.4, -0.2) is 27.6 Å². The standard InChI is InChI=1S/C19H20N2O3S/c1-13-10-11-14(12-18(13)22)20-25(23,24)19-9-5-6-15-16(19)7-4-8-17(15)21(2)3/h4-12,20,22H,1-3H3. The van der Waals surface area contributed by atoms with Crippen LogP contribution in [0.25, 0.3) is 10.8 Å². The van der Waals surface area contributed by atoms with Crippen LogP contribution in [0.2, 0.25) is 0 Å². The molecule has 3 rings (SSSR count). The highest BCUT2D eigenvalue weighted by Gasteiger charge is 2.19. The molecule has 0 spiro atoms. The van der Waals surface area contributed by atoms with E-state index in [-0.39, 0.29) is 10.6 Å². The Hall–Kier alpha value is -2.73. The Balaban J connectivity index is 2.11. The zero-order valence-electron chi connectivity index (χ0n) is 14.3. The van der Waals surface area contributed by atoms with Crippen LogP contribution in [0.3, 0.4) is 0 Å². The van der Waals surface area contributed by atoms with Crippen LogP contribution in [0, 0.1) is 6.92 Å². The average molecular weight is 356 g/mol. The number of rotatable bonds is 4. The van der Waals surface area contributed by atoms with Crippen LogP contribution in [0.1, 0.15) is 5.56 Å². The van der Waals surface area contributed by atoms with E-state index < -0.39 is 10.0 Å². The molecule has 0 radical (unpaired) electrons. The molecule has 0 atom stereocenters. The third-order valence-corrected chi connectivity index (χ3v) is 5.53. The molecule has 3 aromatic carbocycles. The summed E-state index contributed by atoms with van der Waals surface area (Å²) in [6.07, 6.45) is 0. The van der Waals surface area contributed by atoms with Crippen molar-refractivity contribution in [2.75, 3.05) is 23.7 Å². The molecule has 2 N–H and O–H groups in total. The minimum atomic E-state index is -3.79. The maximum Gasteiger partial charge on any atom is 0.262 e. The second-order valence-corrected chi connectivity index (χ2v) is 7.78. The fourth-order valence-electron chi connectivity index (χ4n) is 2.77. The predicted molar refractivity (Wildman–Crippen MR) is 102 cm³/mol. The van der Waals surface area contributed by atoms with Gasteiger partial charge in [-0.1, -0.05) is 30.3 Å². The van der Waals surface area contributed by atoms with E-state index in [1.807, 2.05) is 37.2 Å². The molecule has 0 aromatic heterocycles. The Kier molecular flexibility index (Phi) is 4.30. The van der Waals surface area contributed by atoms with Gasteiger partial charge in [0.05, 0.1) is 10.6 Å². The number of benzene rings is 3. The number of sulfonamides is 1. The summed E-state index contributed by atoms with van der Waals surface area (Å²) >= 11 is 0. The van der Waals surface area contributed by atoms with E-state index in [1.54, 1.807) is 37.3 Å². The lowest BCUT2D eigenvalue weighted by atomic mass is 10.1. The van der Waals surface area contributed by atoms with E-state index in [1.165, 1.54) is 6.07 Å². The van der Waals surface area contributed by atoms with Crippen molar-refractivity contribution in [1.82, 2.24) is 0 Å². The third kappa shape index (κ3) is 3.25. The monoisotopic (exact) mass is 356 g/mol. The lowest BCUT2D eigenvalue weighted by Gasteiger charge is -2.17. The molecule has 130 valence electrons. The maximum absolute atomic E-state index is 12.9. The molecule has 0 aliphatic carbocycles. The second kappa shape index (κ2) is 6.29. The first-order valence-electron chi connectivity index (χ1n) is 7.81. The summed E-state index contributed by atoms with van der Waals surface area (Å²) in [5.41, 5.74) is 1.95. The van der Waals surface area contributed by atoms with Crippen LogP contribution in [0.5, 0.6) is 5.75 Å². The minimum absolute atomic E-state index is 0.0491. The first-order valence-corrected chi connectivity index (χ1v) is 9.29. The van der Waals surface area contributed by atoms with E-state index in [2.05, 4.69) is 4.72 Å². The van der Waals surface area contributed by atoms with Gasteiger partial charge < -0.3 is 10.0 Å².